The van der Waals surface area contributed by atoms with Gasteiger partial charge in [0, 0.05) is 33.9 Å². The van der Waals surface area contributed by atoms with Gasteiger partial charge in [-0.15, -0.1) is 0 Å². The summed E-state index contributed by atoms with van der Waals surface area (Å²) in [6, 6.07) is 1.97. The molecule has 1 heterocycles. The van der Waals surface area contributed by atoms with E-state index in [1.165, 1.54) is 0 Å². The van der Waals surface area contributed by atoms with Crippen LogP contribution in [-0.4, -0.2) is 41.3 Å². The van der Waals surface area contributed by atoms with Crippen molar-refractivity contribution in [2.45, 2.75) is 13.5 Å². The number of guanidine groups is 1. The van der Waals surface area contributed by atoms with Gasteiger partial charge in [0.05, 0.1) is 12.2 Å². The Bertz CT molecular complexity index is 326. The van der Waals surface area contributed by atoms with Crippen LogP contribution in [0, 0.1) is 0 Å². The number of aliphatic imine (C=N–C) groups is 1. The van der Waals surface area contributed by atoms with Crippen molar-refractivity contribution < 1.29 is 0 Å². The van der Waals surface area contributed by atoms with Gasteiger partial charge in [-0.2, -0.15) is 5.10 Å². The summed E-state index contributed by atoms with van der Waals surface area (Å²) < 4.78 is 1.84. The number of aromatic nitrogens is 2. The van der Waals surface area contributed by atoms with E-state index in [1.807, 2.05) is 36.8 Å². The first-order valence-electron chi connectivity index (χ1n) is 5.07. The van der Waals surface area contributed by atoms with Crippen molar-refractivity contribution in [3.05, 3.63) is 18.0 Å². The van der Waals surface area contributed by atoms with Crippen molar-refractivity contribution in [1.29, 1.82) is 0 Å². The first-order chi connectivity index (χ1) is 7.15. The summed E-state index contributed by atoms with van der Waals surface area (Å²) in [5, 5.41) is 7.31. The maximum Gasteiger partial charge on any atom is 0.193 e. The highest BCUT2D eigenvalue weighted by atomic mass is 15.3. The lowest BCUT2D eigenvalue weighted by Crippen LogP contribution is -2.36. The molecular formula is C10H19N5. The molecule has 5 nitrogen and oxygen atoms in total. The molecule has 0 aromatic carbocycles. The predicted molar refractivity (Wildman–Crippen MR) is 61.7 cm³/mol. The first-order valence-corrected chi connectivity index (χ1v) is 5.07. The molecule has 0 saturated heterocycles. The molecule has 15 heavy (non-hydrogen) atoms. The molecule has 0 radical (unpaired) electrons. The topological polar surface area (TPSA) is 45.5 Å². The van der Waals surface area contributed by atoms with Gasteiger partial charge >= 0.3 is 0 Å². The second-order valence-electron chi connectivity index (χ2n) is 3.51. The van der Waals surface area contributed by atoms with Crippen LogP contribution in [0.1, 0.15) is 12.6 Å². The number of rotatable bonds is 3. The maximum absolute atomic E-state index is 4.49. The maximum atomic E-state index is 4.49. The Hall–Kier alpha value is -1.52. The summed E-state index contributed by atoms with van der Waals surface area (Å²) >= 11 is 0. The molecule has 0 aliphatic rings. The van der Waals surface area contributed by atoms with Gasteiger partial charge in [0.1, 0.15) is 0 Å². The summed E-state index contributed by atoms with van der Waals surface area (Å²) in [5.74, 6) is 0.902. The lowest BCUT2D eigenvalue weighted by molar-refractivity contribution is 0.581. The Balaban J connectivity index is 2.65. The fourth-order valence-corrected chi connectivity index (χ4v) is 1.23. The van der Waals surface area contributed by atoms with Crippen molar-refractivity contribution in [2.24, 2.45) is 12.0 Å². The van der Waals surface area contributed by atoms with Crippen molar-refractivity contribution in [1.82, 2.24) is 20.0 Å². The van der Waals surface area contributed by atoms with Crippen LogP contribution in [0.25, 0.3) is 0 Å². The van der Waals surface area contributed by atoms with Gasteiger partial charge in [0.15, 0.2) is 5.96 Å². The minimum absolute atomic E-state index is 0.650. The Labute approximate surface area is 90.8 Å². The summed E-state index contributed by atoms with van der Waals surface area (Å²) in [5.41, 5.74) is 1.10. The molecule has 1 rings (SSSR count). The molecule has 0 aliphatic heterocycles. The third-order valence-corrected chi connectivity index (χ3v) is 2.07. The van der Waals surface area contributed by atoms with Crippen molar-refractivity contribution in [3.8, 4) is 0 Å². The summed E-state index contributed by atoms with van der Waals surface area (Å²) in [6.45, 7) is 3.59. The Kier molecular flexibility index (Phi) is 4.15. The van der Waals surface area contributed by atoms with Crippen molar-refractivity contribution in [2.75, 3.05) is 20.6 Å². The van der Waals surface area contributed by atoms with Gasteiger partial charge in [-0.1, -0.05) is 0 Å². The van der Waals surface area contributed by atoms with E-state index in [0.29, 0.717) is 6.54 Å². The van der Waals surface area contributed by atoms with Gasteiger partial charge in [-0.25, -0.2) is 4.99 Å². The summed E-state index contributed by atoms with van der Waals surface area (Å²) in [7, 11) is 5.88. The molecule has 0 spiro atoms. The zero-order valence-corrected chi connectivity index (χ0v) is 9.86. The third-order valence-electron chi connectivity index (χ3n) is 2.07. The van der Waals surface area contributed by atoms with E-state index < -0.39 is 0 Å². The van der Waals surface area contributed by atoms with E-state index in [4.69, 9.17) is 0 Å². The highest BCUT2D eigenvalue weighted by molar-refractivity contribution is 5.79. The van der Waals surface area contributed by atoms with Crippen molar-refractivity contribution in [3.63, 3.8) is 0 Å². The van der Waals surface area contributed by atoms with E-state index in [1.54, 1.807) is 6.20 Å². The molecule has 84 valence electrons. The van der Waals surface area contributed by atoms with Crippen molar-refractivity contribution >= 4 is 5.96 Å². The SMILES string of the molecule is CCNC(=NCc1ccnn1C)N(C)C. The van der Waals surface area contributed by atoms with Gasteiger partial charge < -0.3 is 10.2 Å². The number of aryl methyl sites for hydroxylation is 1. The molecule has 0 fully saturated rings. The van der Waals surface area contributed by atoms with Crippen LogP contribution < -0.4 is 5.32 Å². The van der Waals surface area contributed by atoms with Gasteiger partial charge in [0.25, 0.3) is 0 Å². The Morgan fingerprint density at radius 1 is 1.60 bits per heavy atom. The number of nitrogens with zero attached hydrogens (tertiary/aromatic N) is 4. The zero-order valence-electron chi connectivity index (χ0n) is 9.86. The minimum atomic E-state index is 0.650. The number of nitrogens with one attached hydrogen (secondary N) is 1. The van der Waals surface area contributed by atoms with Gasteiger partial charge in [-0.05, 0) is 13.0 Å². The van der Waals surface area contributed by atoms with E-state index >= 15 is 0 Å². The van der Waals surface area contributed by atoms with Gasteiger partial charge in [-0.3, -0.25) is 4.68 Å². The third kappa shape index (κ3) is 3.27. The van der Waals surface area contributed by atoms with Crippen LogP contribution in [0.4, 0.5) is 0 Å². The van der Waals surface area contributed by atoms with E-state index in [-0.39, 0.29) is 0 Å². The minimum Gasteiger partial charge on any atom is -0.357 e. The highest BCUT2D eigenvalue weighted by Crippen LogP contribution is 1.98. The molecule has 1 aromatic rings. The molecule has 0 atom stereocenters. The average Bonchev–Trinajstić information content (AvgIpc) is 2.58. The second kappa shape index (κ2) is 5.38. The van der Waals surface area contributed by atoms with Crippen LogP contribution in [0.3, 0.4) is 0 Å². The molecule has 0 amide bonds. The Morgan fingerprint density at radius 2 is 2.33 bits per heavy atom. The molecule has 1 N–H and O–H groups in total. The molecule has 0 saturated carbocycles. The van der Waals surface area contributed by atoms with Crippen LogP contribution >= 0.6 is 0 Å². The summed E-state index contributed by atoms with van der Waals surface area (Å²) in [6.07, 6.45) is 1.79. The monoisotopic (exact) mass is 209 g/mol. The molecule has 0 bridgehead atoms. The smallest absolute Gasteiger partial charge is 0.193 e. The van der Waals surface area contributed by atoms with E-state index in [0.717, 1.165) is 18.2 Å². The molecule has 0 unspecified atom stereocenters. The standard InChI is InChI=1S/C10H19N5/c1-5-11-10(14(2)3)12-8-9-6-7-13-15(9)4/h6-7H,5,8H2,1-4H3,(H,11,12). The number of hydrogen-bond acceptors (Lipinski definition) is 2. The van der Waals surface area contributed by atoms with Crippen LogP contribution in [0.5, 0.6) is 0 Å². The second-order valence-corrected chi connectivity index (χ2v) is 3.51. The van der Waals surface area contributed by atoms with Crippen LogP contribution in [0.15, 0.2) is 17.3 Å². The summed E-state index contributed by atoms with van der Waals surface area (Å²) in [4.78, 5) is 6.46. The molecule has 5 heteroatoms. The predicted octanol–water partition coefficient (Wildman–Crippen LogP) is 0.447. The lowest BCUT2D eigenvalue weighted by atomic mass is 10.4. The van der Waals surface area contributed by atoms with Gasteiger partial charge in [0.2, 0.25) is 0 Å². The largest absolute Gasteiger partial charge is 0.357 e. The highest BCUT2D eigenvalue weighted by Gasteiger charge is 2.01. The molecule has 0 aliphatic carbocycles. The number of hydrogen-bond donors (Lipinski definition) is 1. The lowest BCUT2D eigenvalue weighted by Gasteiger charge is -2.16. The molecular weight excluding hydrogens is 190 g/mol. The Morgan fingerprint density at radius 3 is 2.80 bits per heavy atom. The average molecular weight is 209 g/mol. The molecule has 1 aromatic heterocycles. The normalized spacial score (nSPS) is 11.6. The zero-order chi connectivity index (χ0) is 11.3. The fourth-order valence-electron chi connectivity index (χ4n) is 1.23. The van der Waals surface area contributed by atoms with Crippen LogP contribution in [-0.2, 0) is 13.6 Å². The quantitative estimate of drug-likeness (QED) is 0.580. The fraction of sp³-hybridized carbons (Fsp3) is 0.600. The first kappa shape index (κ1) is 11.6. The van der Waals surface area contributed by atoms with E-state index in [9.17, 15) is 0 Å². The van der Waals surface area contributed by atoms with Crippen LogP contribution in [0.2, 0.25) is 0 Å². The van der Waals surface area contributed by atoms with E-state index in [2.05, 4.69) is 22.3 Å².